The summed E-state index contributed by atoms with van der Waals surface area (Å²) in [5, 5.41) is 8.53. The number of pyridine rings is 1. The zero-order valence-corrected chi connectivity index (χ0v) is 7.61. The van der Waals surface area contributed by atoms with Crippen LogP contribution in [0.4, 0.5) is 8.78 Å². The first-order valence-electron chi connectivity index (χ1n) is 3.60. The van der Waals surface area contributed by atoms with Gasteiger partial charge in [-0.3, -0.25) is 4.79 Å². The van der Waals surface area contributed by atoms with Crippen LogP contribution in [-0.4, -0.2) is 4.98 Å². The minimum Gasteiger partial charge on any atom is -0.324 e. The van der Waals surface area contributed by atoms with E-state index in [4.69, 9.17) is 16.9 Å². The maximum atomic E-state index is 12.3. The Morgan fingerprint density at radius 2 is 2.29 bits per heavy atom. The molecule has 0 aromatic carbocycles. The Balaban J connectivity index is 3.45. The first kappa shape index (κ1) is 10.7. The van der Waals surface area contributed by atoms with Gasteiger partial charge in [-0.05, 0) is 6.07 Å². The summed E-state index contributed by atoms with van der Waals surface area (Å²) in [5.74, 6) is -0.0343. The highest BCUT2D eigenvalue weighted by molar-refractivity contribution is 6.16. The smallest absolute Gasteiger partial charge is 0.270 e. The largest absolute Gasteiger partial charge is 0.324 e. The molecule has 0 radical (unpaired) electrons. The molecule has 1 aromatic heterocycles. The van der Waals surface area contributed by atoms with E-state index >= 15 is 0 Å². The van der Waals surface area contributed by atoms with Crippen LogP contribution in [0.25, 0.3) is 0 Å². The third-order valence-corrected chi connectivity index (χ3v) is 1.90. The second-order valence-electron chi connectivity index (χ2n) is 2.50. The minimum atomic E-state index is -2.96. The third kappa shape index (κ3) is 1.91. The van der Waals surface area contributed by atoms with E-state index in [1.54, 1.807) is 0 Å². The van der Waals surface area contributed by atoms with E-state index < -0.39 is 17.5 Å². The van der Waals surface area contributed by atoms with Crippen molar-refractivity contribution in [1.82, 2.24) is 4.98 Å². The molecule has 0 aliphatic carbocycles. The maximum absolute atomic E-state index is 12.3. The Hall–Kier alpha value is -1.41. The molecule has 0 saturated heterocycles. The highest BCUT2D eigenvalue weighted by Crippen LogP contribution is 2.19. The van der Waals surface area contributed by atoms with Crippen LogP contribution in [0.15, 0.2) is 10.9 Å². The van der Waals surface area contributed by atoms with Crippen molar-refractivity contribution in [2.24, 2.45) is 0 Å². The number of nitriles is 1. The van der Waals surface area contributed by atoms with Gasteiger partial charge in [0.15, 0.2) is 0 Å². The van der Waals surface area contributed by atoms with Crippen molar-refractivity contribution in [3.8, 4) is 6.07 Å². The fraction of sp³-hybridized carbons (Fsp3) is 0.250. The summed E-state index contributed by atoms with van der Waals surface area (Å²) < 4.78 is 24.6. The molecule has 1 rings (SSSR count). The Bertz CT molecular complexity index is 436. The molecule has 0 aliphatic rings. The second kappa shape index (κ2) is 4.20. The van der Waals surface area contributed by atoms with Crippen molar-refractivity contribution in [2.75, 3.05) is 0 Å². The molecule has 1 aromatic rings. The summed E-state index contributed by atoms with van der Waals surface area (Å²) in [5.41, 5.74) is -1.85. The monoisotopic (exact) mass is 218 g/mol. The molecular formula is C8H5ClF2N2O. The number of H-pyrrole nitrogens is 1. The van der Waals surface area contributed by atoms with Crippen LogP contribution in [-0.2, 0) is 5.88 Å². The summed E-state index contributed by atoms with van der Waals surface area (Å²) in [6, 6.07) is 2.68. The third-order valence-electron chi connectivity index (χ3n) is 1.61. The first-order chi connectivity index (χ1) is 6.60. The minimum absolute atomic E-state index is 0.0343. The average molecular weight is 219 g/mol. The fourth-order valence-electron chi connectivity index (χ4n) is 1.00. The molecule has 3 nitrogen and oxygen atoms in total. The zero-order valence-electron chi connectivity index (χ0n) is 6.85. The van der Waals surface area contributed by atoms with Crippen molar-refractivity contribution in [1.29, 1.82) is 5.26 Å². The summed E-state index contributed by atoms with van der Waals surface area (Å²) in [6.45, 7) is 0. The highest BCUT2D eigenvalue weighted by Gasteiger charge is 2.18. The van der Waals surface area contributed by atoms with Crippen LogP contribution in [0.5, 0.6) is 0 Å². The molecule has 0 bridgehead atoms. The summed E-state index contributed by atoms with van der Waals surface area (Å²) in [7, 11) is 0. The molecule has 1 heterocycles. The lowest BCUT2D eigenvalue weighted by Crippen LogP contribution is -2.16. The normalized spacial score (nSPS) is 10.2. The molecule has 6 heteroatoms. The predicted molar refractivity (Wildman–Crippen MR) is 46.3 cm³/mol. The van der Waals surface area contributed by atoms with Crippen LogP contribution < -0.4 is 5.56 Å². The van der Waals surface area contributed by atoms with Crippen LogP contribution in [0.1, 0.15) is 23.2 Å². The molecule has 1 N–H and O–H groups in total. The average Bonchev–Trinajstić information content (AvgIpc) is 2.15. The van der Waals surface area contributed by atoms with Crippen LogP contribution in [0.2, 0.25) is 0 Å². The van der Waals surface area contributed by atoms with Crippen molar-refractivity contribution < 1.29 is 8.78 Å². The molecule has 0 amide bonds. The topological polar surface area (TPSA) is 56.6 Å². The van der Waals surface area contributed by atoms with Crippen molar-refractivity contribution >= 4 is 11.6 Å². The number of aromatic amines is 1. The Kier molecular flexibility index (Phi) is 3.20. The van der Waals surface area contributed by atoms with Crippen LogP contribution in [0, 0.1) is 11.3 Å². The van der Waals surface area contributed by atoms with Gasteiger partial charge in [-0.15, -0.1) is 11.6 Å². The van der Waals surface area contributed by atoms with Crippen LogP contribution in [0.3, 0.4) is 0 Å². The molecule has 0 saturated carbocycles. The Morgan fingerprint density at radius 1 is 1.64 bits per heavy atom. The molecule has 0 aliphatic heterocycles. The van der Waals surface area contributed by atoms with E-state index in [9.17, 15) is 13.6 Å². The van der Waals surface area contributed by atoms with E-state index in [1.165, 1.54) is 6.07 Å². The van der Waals surface area contributed by atoms with E-state index in [1.807, 2.05) is 0 Å². The van der Waals surface area contributed by atoms with Gasteiger partial charge in [-0.2, -0.15) is 5.26 Å². The zero-order chi connectivity index (χ0) is 10.7. The molecule has 0 unspecified atom stereocenters. The quantitative estimate of drug-likeness (QED) is 0.771. The number of hydrogen-bond donors (Lipinski definition) is 1. The molecule has 0 spiro atoms. The summed E-state index contributed by atoms with van der Waals surface area (Å²) in [4.78, 5) is 13.2. The van der Waals surface area contributed by atoms with Gasteiger partial charge in [0.05, 0.1) is 17.5 Å². The number of nitrogens with zero attached hydrogens (tertiary/aromatic N) is 1. The van der Waals surface area contributed by atoms with Gasteiger partial charge in [0.2, 0.25) is 0 Å². The number of rotatable bonds is 2. The van der Waals surface area contributed by atoms with E-state index in [0.29, 0.717) is 0 Å². The van der Waals surface area contributed by atoms with E-state index in [0.717, 1.165) is 6.07 Å². The number of nitrogens with one attached hydrogen (secondary N) is 1. The lowest BCUT2D eigenvalue weighted by molar-refractivity contribution is 0.149. The van der Waals surface area contributed by atoms with Gasteiger partial charge in [-0.25, -0.2) is 8.78 Å². The summed E-state index contributed by atoms with van der Waals surface area (Å²) in [6.07, 6.45) is -2.96. The maximum Gasteiger partial charge on any atom is 0.270 e. The van der Waals surface area contributed by atoms with Gasteiger partial charge in [-0.1, -0.05) is 0 Å². The van der Waals surface area contributed by atoms with E-state index in [2.05, 4.69) is 4.98 Å². The molecule has 0 fully saturated rings. The highest BCUT2D eigenvalue weighted by atomic mass is 35.5. The molecule has 14 heavy (non-hydrogen) atoms. The lowest BCUT2D eigenvalue weighted by atomic mass is 10.1. The number of halogens is 3. The fourth-order valence-corrected chi connectivity index (χ4v) is 1.15. The predicted octanol–water partition coefficient (Wildman–Crippen LogP) is 1.92. The lowest BCUT2D eigenvalue weighted by Gasteiger charge is -2.02. The van der Waals surface area contributed by atoms with Gasteiger partial charge in [0.1, 0.15) is 5.56 Å². The number of hydrogen-bond acceptors (Lipinski definition) is 2. The SMILES string of the molecule is N#Cc1cc(CCl)[nH]c(=O)c1C(F)F. The van der Waals surface area contributed by atoms with Gasteiger partial charge >= 0.3 is 0 Å². The molecule has 0 atom stereocenters. The summed E-state index contributed by atoms with van der Waals surface area (Å²) >= 11 is 5.39. The Morgan fingerprint density at radius 3 is 2.71 bits per heavy atom. The first-order valence-corrected chi connectivity index (χ1v) is 4.14. The van der Waals surface area contributed by atoms with Gasteiger partial charge in [0.25, 0.3) is 12.0 Å². The van der Waals surface area contributed by atoms with Crippen molar-refractivity contribution in [2.45, 2.75) is 12.3 Å². The van der Waals surface area contributed by atoms with Crippen LogP contribution >= 0.6 is 11.6 Å². The number of alkyl halides is 3. The van der Waals surface area contributed by atoms with Gasteiger partial charge < -0.3 is 4.98 Å². The molecule has 74 valence electrons. The second-order valence-corrected chi connectivity index (χ2v) is 2.76. The Labute approximate surface area is 82.9 Å². The van der Waals surface area contributed by atoms with E-state index in [-0.39, 0.29) is 17.1 Å². The van der Waals surface area contributed by atoms with Crippen molar-refractivity contribution in [3.05, 3.63) is 33.2 Å². The number of aromatic nitrogens is 1. The molecular weight excluding hydrogens is 214 g/mol. The van der Waals surface area contributed by atoms with Crippen molar-refractivity contribution in [3.63, 3.8) is 0 Å². The standard InChI is InChI=1S/C8H5ClF2N2O/c9-2-5-1-4(3-12)6(7(10)11)8(14)13-5/h1,7H,2H2,(H,13,14). The van der Waals surface area contributed by atoms with Gasteiger partial charge in [0, 0.05) is 5.69 Å².